The molecular weight excluding hydrogens is 354 g/mol. The zero-order chi connectivity index (χ0) is 19.6. The zero-order valence-corrected chi connectivity index (χ0v) is 14.8. The van der Waals surface area contributed by atoms with Crippen LogP contribution in [0.3, 0.4) is 0 Å². The summed E-state index contributed by atoms with van der Waals surface area (Å²) in [5, 5.41) is 2.88. The molecule has 0 radical (unpaired) electrons. The summed E-state index contributed by atoms with van der Waals surface area (Å²) < 4.78 is 28.6. The number of rotatable bonds is 5. The molecule has 0 bridgehead atoms. The number of hydrogen-bond donors (Lipinski definition) is 1. The van der Waals surface area contributed by atoms with E-state index in [2.05, 4.69) is 10.3 Å². The average molecular weight is 372 g/mol. The molecule has 1 heterocycles. The van der Waals surface area contributed by atoms with Crippen LogP contribution >= 0.6 is 0 Å². The maximum atomic E-state index is 13.2. The number of hydrogen-bond acceptors (Lipinski definition) is 4. The van der Waals surface area contributed by atoms with Crippen LogP contribution in [0, 0.1) is 11.6 Å². The molecule has 0 saturated heterocycles. The van der Waals surface area contributed by atoms with Crippen LogP contribution in [-0.2, 0) is 6.54 Å². The Bertz CT molecular complexity index is 1060. The van der Waals surface area contributed by atoms with Gasteiger partial charge in [0.2, 0.25) is 5.95 Å². The van der Waals surface area contributed by atoms with E-state index in [1.165, 1.54) is 41.0 Å². The Hall–Kier alpha value is -3.29. The van der Waals surface area contributed by atoms with E-state index in [0.29, 0.717) is 11.3 Å². The van der Waals surface area contributed by atoms with Crippen LogP contribution < -0.4 is 16.7 Å². The Morgan fingerprint density at radius 1 is 0.963 bits per heavy atom. The maximum Gasteiger partial charge on any atom is 0.355 e. The highest BCUT2D eigenvalue weighted by Crippen LogP contribution is 2.15. The van der Waals surface area contributed by atoms with Gasteiger partial charge in [-0.2, -0.15) is 4.98 Å². The lowest BCUT2D eigenvalue weighted by Crippen LogP contribution is -2.43. The van der Waals surface area contributed by atoms with Crippen LogP contribution in [0.5, 0.6) is 0 Å². The van der Waals surface area contributed by atoms with Crippen molar-refractivity contribution in [1.29, 1.82) is 0 Å². The van der Waals surface area contributed by atoms with Gasteiger partial charge in [0, 0.05) is 11.7 Å². The highest BCUT2D eigenvalue weighted by Gasteiger charge is 2.16. The van der Waals surface area contributed by atoms with E-state index >= 15 is 0 Å². The molecule has 8 heteroatoms. The first-order valence-electron chi connectivity index (χ1n) is 8.35. The number of nitrogens with zero attached hydrogens (tertiary/aromatic N) is 3. The molecule has 27 heavy (non-hydrogen) atoms. The van der Waals surface area contributed by atoms with E-state index in [-0.39, 0.29) is 24.4 Å². The molecule has 0 spiro atoms. The molecule has 3 rings (SSSR count). The summed E-state index contributed by atoms with van der Waals surface area (Å²) in [6.45, 7) is 3.50. The highest BCUT2D eigenvalue weighted by atomic mass is 19.1. The van der Waals surface area contributed by atoms with E-state index in [4.69, 9.17) is 0 Å². The molecule has 0 amide bonds. The predicted molar refractivity (Wildman–Crippen MR) is 98.3 cm³/mol. The molecule has 2 aromatic carbocycles. The Balaban J connectivity index is 2.10. The molecule has 140 valence electrons. The van der Waals surface area contributed by atoms with Gasteiger partial charge < -0.3 is 5.32 Å². The molecule has 0 aliphatic heterocycles. The third-order valence-electron chi connectivity index (χ3n) is 3.97. The zero-order valence-electron chi connectivity index (χ0n) is 14.8. The van der Waals surface area contributed by atoms with Crippen LogP contribution in [0.1, 0.15) is 25.5 Å². The largest absolute Gasteiger partial charge is 0.355 e. The number of nitrogens with one attached hydrogen (secondary N) is 1. The normalized spacial score (nSPS) is 11.0. The second kappa shape index (κ2) is 7.53. The van der Waals surface area contributed by atoms with E-state index in [0.717, 1.165) is 4.57 Å². The quantitative estimate of drug-likeness (QED) is 0.747. The Kier molecular flexibility index (Phi) is 5.16. The van der Waals surface area contributed by atoms with Crippen molar-refractivity contribution >= 4 is 11.6 Å². The molecule has 6 nitrogen and oxygen atoms in total. The first kappa shape index (κ1) is 18.5. The fourth-order valence-electron chi connectivity index (χ4n) is 2.62. The number of benzene rings is 2. The molecule has 3 aromatic rings. The first-order valence-corrected chi connectivity index (χ1v) is 8.35. The summed E-state index contributed by atoms with van der Waals surface area (Å²) in [6, 6.07) is 10.7. The highest BCUT2D eigenvalue weighted by molar-refractivity contribution is 5.53. The van der Waals surface area contributed by atoms with Gasteiger partial charge in [-0.1, -0.05) is 12.1 Å². The van der Waals surface area contributed by atoms with Gasteiger partial charge in [-0.25, -0.2) is 22.9 Å². The summed E-state index contributed by atoms with van der Waals surface area (Å²) in [5.74, 6) is -0.772. The summed E-state index contributed by atoms with van der Waals surface area (Å²) in [5.41, 5.74) is -0.0943. The van der Waals surface area contributed by atoms with E-state index in [9.17, 15) is 18.4 Å². The topological polar surface area (TPSA) is 68.9 Å². The minimum absolute atomic E-state index is 0.0258. The van der Waals surface area contributed by atoms with E-state index < -0.39 is 17.2 Å². The Morgan fingerprint density at radius 3 is 2.07 bits per heavy atom. The number of anilines is 2. The summed E-state index contributed by atoms with van der Waals surface area (Å²) >= 11 is 0. The van der Waals surface area contributed by atoms with Crippen molar-refractivity contribution in [3.63, 3.8) is 0 Å². The van der Waals surface area contributed by atoms with Crippen molar-refractivity contribution in [2.75, 3.05) is 5.32 Å². The third-order valence-corrected chi connectivity index (χ3v) is 3.97. The lowest BCUT2D eigenvalue weighted by molar-refractivity contribution is 0.497. The van der Waals surface area contributed by atoms with Crippen LogP contribution in [0.15, 0.2) is 58.1 Å². The molecule has 1 N–H and O–H groups in total. The molecular formula is C19H18F2N4O2. The van der Waals surface area contributed by atoms with Gasteiger partial charge >= 0.3 is 11.4 Å². The fraction of sp³-hybridized carbons (Fsp3) is 0.211. The molecule has 0 saturated carbocycles. The van der Waals surface area contributed by atoms with Gasteiger partial charge in [-0.3, -0.25) is 4.57 Å². The molecule has 0 fully saturated rings. The van der Waals surface area contributed by atoms with Crippen molar-refractivity contribution < 1.29 is 8.78 Å². The lowest BCUT2D eigenvalue weighted by atomic mass is 10.2. The minimum Gasteiger partial charge on any atom is -0.325 e. The van der Waals surface area contributed by atoms with Crippen LogP contribution in [0.25, 0.3) is 0 Å². The van der Waals surface area contributed by atoms with Gasteiger partial charge in [0.1, 0.15) is 11.6 Å². The minimum atomic E-state index is -0.685. The second-order valence-corrected chi connectivity index (χ2v) is 6.31. The van der Waals surface area contributed by atoms with Crippen LogP contribution in [0.2, 0.25) is 0 Å². The molecule has 0 aliphatic carbocycles. The van der Waals surface area contributed by atoms with Gasteiger partial charge in [0.25, 0.3) is 0 Å². The maximum absolute atomic E-state index is 13.2. The van der Waals surface area contributed by atoms with Crippen LogP contribution in [-0.4, -0.2) is 14.1 Å². The first-order chi connectivity index (χ1) is 12.8. The molecule has 1 aromatic heterocycles. The fourth-order valence-corrected chi connectivity index (χ4v) is 2.62. The summed E-state index contributed by atoms with van der Waals surface area (Å²) in [6.07, 6.45) is 0. The van der Waals surface area contributed by atoms with Crippen molar-refractivity contribution in [2.24, 2.45) is 0 Å². The van der Waals surface area contributed by atoms with Crippen molar-refractivity contribution in [2.45, 2.75) is 26.4 Å². The number of aromatic nitrogens is 3. The second-order valence-electron chi connectivity index (χ2n) is 6.31. The molecule has 0 unspecified atom stereocenters. The van der Waals surface area contributed by atoms with Gasteiger partial charge in [0.15, 0.2) is 0 Å². The van der Waals surface area contributed by atoms with Crippen molar-refractivity contribution in [3.8, 4) is 0 Å². The standard InChI is InChI=1S/C19H18F2N4O2/c1-12(2)25-18(26)23-17(22-16-9-7-15(21)8-10-16)24(19(25)27)11-13-3-5-14(20)6-4-13/h3-10,12H,11H2,1-2H3,(H,22,23,26). The van der Waals surface area contributed by atoms with Crippen LogP contribution in [0.4, 0.5) is 20.4 Å². The molecule has 0 atom stereocenters. The van der Waals surface area contributed by atoms with E-state index in [1.807, 2.05) is 0 Å². The van der Waals surface area contributed by atoms with E-state index in [1.54, 1.807) is 26.0 Å². The Morgan fingerprint density at radius 2 is 1.52 bits per heavy atom. The smallest absolute Gasteiger partial charge is 0.325 e. The Labute approximate surface area is 153 Å². The van der Waals surface area contributed by atoms with Crippen molar-refractivity contribution in [1.82, 2.24) is 14.1 Å². The monoisotopic (exact) mass is 372 g/mol. The van der Waals surface area contributed by atoms with Gasteiger partial charge in [-0.05, 0) is 55.8 Å². The predicted octanol–water partition coefficient (Wildman–Crippen LogP) is 3.06. The SMILES string of the molecule is CC(C)n1c(=O)nc(Nc2ccc(F)cc2)n(Cc2ccc(F)cc2)c1=O. The summed E-state index contributed by atoms with van der Waals surface area (Å²) in [7, 11) is 0. The lowest BCUT2D eigenvalue weighted by Gasteiger charge is -2.17. The number of halogens is 2. The third kappa shape index (κ3) is 4.11. The van der Waals surface area contributed by atoms with Gasteiger partial charge in [-0.15, -0.1) is 0 Å². The summed E-state index contributed by atoms with van der Waals surface area (Å²) in [4.78, 5) is 29.1. The van der Waals surface area contributed by atoms with Gasteiger partial charge in [0.05, 0.1) is 6.54 Å². The molecule has 0 aliphatic rings. The average Bonchev–Trinajstić information content (AvgIpc) is 2.61. The van der Waals surface area contributed by atoms with Crippen molar-refractivity contribution in [3.05, 3.63) is 86.7 Å².